The Bertz CT molecular complexity index is 988. The molecule has 1 aromatic rings. The Kier molecular flexibility index (Phi) is 5.72. The predicted octanol–water partition coefficient (Wildman–Crippen LogP) is 5.48. The second-order valence-corrected chi connectivity index (χ2v) is 10.5. The van der Waals surface area contributed by atoms with Crippen molar-refractivity contribution in [2.75, 3.05) is 0 Å². The molecule has 0 spiro atoms. The summed E-state index contributed by atoms with van der Waals surface area (Å²) in [5.74, 6) is 1.99. The van der Waals surface area contributed by atoms with E-state index in [9.17, 15) is 15.2 Å². The number of esters is 1. The summed E-state index contributed by atoms with van der Waals surface area (Å²) in [4.78, 5) is 12.9. The van der Waals surface area contributed by atoms with E-state index in [1.807, 2.05) is 30.3 Å². The lowest BCUT2D eigenvalue weighted by Crippen LogP contribution is -2.45. The number of hydrogen-bond donors (Lipinski definition) is 1. The Morgan fingerprint density at radius 2 is 2.00 bits per heavy atom. The van der Waals surface area contributed by atoms with Gasteiger partial charge in [-0.3, -0.25) is 0 Å². The first-order valence-electron chi connectivity index (χ1n) is 12.2. The first-order chi connectivity index (χ1) is 15.5. The Balaban J connectivity index is 1.37. The fourth-order valence-electron chi connectivity index (χ4n) is 7.50. The zero-order chi connectivity index (χ0) is 22.3. The minimum atomic E-state index is -0.470. The van der Waals surface area contributed by atoms with Gasteiger partial charge in [0.05, 0.1) is 6.10 Å². The molecule has 168 valence electrons. The average molecular weight is 432 g/mol. The molecule has 0 radical (unpaired) electrons. The van der Waals surface area contributed by atoms with E-state index in [-0.39, 0.29) is 23.7 Å². The van der Waals surface area contributed by atoms with E-state index in [4.69, 9.17) is 4.74 Å². The largest absolute Gasteiger partial charge is 0.457 e. The molecular formula is C28H33NO3. The van der Waals surface area contributed by atoms with E-state index in [0.29, 0.717) is 23.7 Å². The van der Waals surface area contributed by atoms with Crippen molar-refractivity contribution < 1.29 is 14.6 Å². The normalized spacial score (nSPS) is 37.3. The van der Waals surface area contributed by atoms with Crippen LogP contribution in [0.15, 0.2) is 53.1 Å². The molecule has 0 aromatic heterocycles. The van der Waals surface area contributed by atoms with E-state index < -0.39 is 5.97 Å². The first kappa shape index (κ1) is 21.5. The highest BCUT2D eigenvalue weighted by Gasteiger charge is 2.55. The van der Waals surface area contributed by atoms with Crippen molar-refractivity contribution in [3.63, 3.8) is 0 Å². The van der Waals surface area contributed by atoms with Gasteiger partial charge in [0, 0.05) is 0 Å². The van der Waals surface area contributed by atoms with Crippen molar-refractivity contribution in [2.45, 2.75) is 71.0 Å². The van der Waals surface area contributed by atoms with Gasteiger partial charge in [-0.05, 0) is 91.6 Å². The highest BCUT2D eigenvalue weighted by Crippen LogP contribution is 2.63. The Morgan fingerprint density at radius 3 is 2.78 bits per heavy atom. The summed E-state index contributed by atoms with van der Waals surface area (Å²) < 4.78 is 5.55. The fraction of sp³-hybridized carbons (Fsp3) is 0.571. The average Bonchev–Trinajstić information content (AvgIpc) is 3.15. The van der Waals surface area contributed by atoms with E-state index in [1.165, 1.54) is 5.57 Å². The van der Waals surface area contributed by atoms with Gasteiger partial charge in [0.15, 0.2) is 0 Å². The molecule has 0 saturated heterocycles. The molecule has 6 atom stereocenters. The maximum Gasteiger partial charge on any atom is 0.349 e. The molecule has 4 aliphatic carbocycles. The van der Waals surface area contributed by atoms with Gasteiger partial charge < -0.3 is 9.84 Å². The van der Waals surface area contributed by atoms with E-state index >= 15 is 0 Å². The predicted molar refractivity (Wildman–Crippen MR) is 122 cm³/mol. The van der Waals surface area contributed by atoms with Crippen LogP contribution in [0.2, 0.25) is 0 Å². The highest BCUT2D eigenvalue weighted by molar-refractivity contribution is 5.94. The number of hydrogen-bond acceptors (Lipinski definition) is 4. The van der Waals surface area contributed by atoms with Gasteiger partial charge in [0.2, 0.25) is 0 Å². The third-order valence-electron chi connectivity index (χ3n) is 9.03. The van der Waals surface area contributed by atoms with Gasteiger partial charge in [0.25, 0.3) is 0 Å². The Morgan fingerprint density at radius 1 is 1.19 bits per heavy atom. The standard InChI is InChI=1S/C28H33NO3/c1-28-14-13-22-21-10-8-20(30)15-19(21)7-9-23(22)25(28)11-12-26(28)24(16-29)27(31)32-17-18-5-3-2-4-6-18/h2-7,20-23,25,30H,8-15,17H2,1H3/b26-24+/t20?,21-,22+,23+,25-,28-/m0/s1. The van der Waals surface area contributed by atoms with Crippen LogP contribution in [0.4, 0.5) is 0 Å². The lowest BCUT2D eigenvalue weighted by molar-refractivity contribution is -0.140. The summed E-state index contributed by atoms with van der Waals surface area (Å²) in [6.45, 7) is 2.49. The molecule has 0 bridgehead atoms. The number of nitrogens with zero attached hydrogens (tertiary/aromatic N) is 1. The molecule has 1 N–H and O–H groups in total. The summed E-state index contributed by atoms with van der Waals surface area (Å²) in [6.07, 6.45) is 10.3. The number of carbonyl (C=O) groups excluding carboxylic acids is 1. The summed E-state index contributed by atoms with van der Waals surface area (Å²) in [5.41, 5.74) is 3.62. The van der Waals surface area contributed by atoms with Crippen LogP contribution in [-0.2, 0) is 16.1 Å². The maximum absolute atomic E-state index is 12.9. The summed E-state index contributed by atoms with van der Waals surface area (Å²) in [5, 5.41) is 20.0. The Hall–Kier alpha value is -2.38. The van der Waals surface area contributed by atoms with Crippen LogP contribution in [0.1, 0.15) is 63.9 Å². The number of aliphatic hydroxyl groups is 1. The zero-order valence-corrected chi connectivity index (χ0v) is 18.9. The van der Waals surface area contributed by atoms with Crippen LogP contribution < -0.4 is 0 Å². The quantitative estimate of drug-likeness (QED) is 0.298. The summed E-state index contributed by atoms with van der Waals surface area (Å²) in [7, 11) is 0. The van der Waals surface area contributed by atoms with Crippen molar-refractivity contribution in [2.24, 2.45) is 29.1 Å². The first-order valence-corrected chi connectivity index (χ1v) is 12.2. The molecule has 0 aliphatic heterocycles. The van der Waals surface area contributed by atoms with Crippen molar-refractivity contribution in [1.82, 2.24) is 0 Å². The Labute approximate surface area is 191 Å². The molecular weight excluding hydrogens is 398 g/mol. The summed E-state index contributed by atoms with van der Waals surface area (Å²) >= 11 is 0. The number of rotatable bonds is 3. The van der Waals surface area contributed by atoms with E-state index in [1.54, 1.807) is 0 Å². The van der Waals surface area contributed by atoms with E-state index in [2.05, 4.69) is 19.1 Å². The van der Waals surface area contributed by atoms with Gasteiger partial charge in [-0.25, -0.2) is 4.79 Å². The zero-order valence-electron chi connectivity index (χ0n) is 18.9. The molecule has 0 heterocycles. The molecule has 4 nitrogen and oxygen atoms in total. The van der Waals surface area contributed by atoms with Crippen molar-refractivity contribution in [1.29, 1.82) is 5.26 Å². The van der Waals surface area contributed by atoms with Crippen LogP contribution in [0, 0.1) is 40.4 Å². The third-order valence-corrected chi connectivity index (χ3v) is 9.03. The molecule has 5 rings (SSSR count). The molecule has 4 heteroatoms. The SMILES string of the molecule is C[C@]12CC[C@H]3[C@@H](CC=C4CC(O)CC[C@@H]43)[C@@H]1CC/C2=C(/C#N)C(=O)OCc1ccccc1. The van der Waals surface area contributed by atoms with Gasteiger partial charge in [-0.2, -0.15) is 5.26 Å². The minimum absolute atomic E-state index is 0.0858. The highest BCUT2D eigenvalue weighted by atomic mass is 16.5. The molecule has 32 heavy (non-hydrogen) atoms. The lowest BCUT2D eigenvalue weighted by atomic mass is 9.52. The van der Waals surface area contributed by atoms with Gasteiger partial charge in [-0.15, -0.1) is 0 Å². The molecule has 4 aliphatic rings. The van der Waals surface area contributed by atoms with Crippen molar-refractivity contribution in [3.05, 3.63) is 58.7 Å². The number of carbonyl (C=O) groups is 1. The van der Waals surface area contributed by atoms with Crippen molar-refractivity contribution in [3.8, 4) is 6.07 Å². The molecule has 1 aromatic carbocycles. The van der Waals surface area contributed by atoms with Crippen LogP contribution in [0.3, 0.4) is 0 Å². The van der Waals surface area contributed by atoms with Gasteiger partial charge in [0.1, 0.15) is 18.2 Å². The molecule has 0 amide bonds. The number of ether oxygens (including phenoxy) is 1. The van der Waals surface area contributed by atoms with Crippen molar-refractivity contribution >= 4 is 5.97 Å². The maximum atomic E-state index is 12.9. The lowest BCUT2D eigenvalue weighted by Gasteiger charge is -2.52. The second-order valence-electron chi connectivity index (χ2n) is 10.5. The van der Waals surface area contributed by atoms with Crippen LogP contribution in [0.25, 0.3) is 0 Å². The smallest absolute Gasteiger partial charge is 0.349 e. The fourth-order valence-corrected chi connectivity index (χ4v) is 7.50. The summed E-state index contributed by atoms with van der Waals surface area (Å²) in [6, 6.07) is 11.9. The van der Waals surface area contributed by atoms with Crippen LogP contribution in [-0.4, -0.2) is 17.2 Å². The number of fused-ring (bicyclic) bond motifs is 5. The molecule has 3 saturated carbocycles. The van der Waals surface area contributed by atoms with E-state index in [0.717, 1.165) is 62.5 Å². The number of nitriles is 1. The number of allylic oxidation sites excluding steroid dienone is 2. The van der Waals surface area contributed by atoms with Gasteiger partial charge in [-0.1, -0.05) is 48.9 Å². The third kappa shape index (κ3) is 3.61. The topological polar surface area (TPSA) is 70.3 Å². The van der Waals surface area contributed by atoms with Crippen LogP contribution >= 0.6 is 0 Å². The number of aliphatic hydroxyl groups excluding tert-OH is 1. The van der Waals surface area contributed by atoms with Gasteiger partial charge >= 0.3 is 5.97 Å². The monoisotopic (exact) mass is 431 g/mol. The molecule has 1 unspecified atom stereocenters. The number of benzene rings is 1. The molecule has 3 fully saturated rings. The van der Waals surface area contributed by atoms with Crippen LogP contribution in [0.5, 0.6) is 0 Å². The minimum Gasteiger partial charge on any atom is -0.457 e. The second kappa shape index (κ2) is 8.52.